The van der Waals surface area contributed by atoms with Gasteiger partial charge in [0.2, 0.25) is 0 Å². The molecule has 0 aromatic heterocycles. The lowest BCUT2D eigenvalue weighted by atomic mass is 9.90. The molecule has 0 fully saturated rings. The van der Waals surface area contributed by atoms with Gasteiger partial charge in [-0.15, -0.1) is 0 Å². The van der Waals surface area contributed by atoms with Crippen LogP contribution < -0.4 is 0 Å². The van der Waals surface area contributed by atoms with Gasteiger partial charge in [-0.1, -0.05) is 13.8 Å². The highest BCUT2D eigenvalue weighted by Gasteiger charge is 2.20. The van der Waals surface area contributed by atoms with Gasteiger partial charge in [-0.3, -0.25) is 0 Å². The Labute approximate surface area is 82.0 Å². The molecule has 0 aliphatic rings. The quantitative estimate of drug-likeness (QED) is 0.671. The molecule has 0 heterocycles. The van der Waals surface area contributed by atoms with E-state index in [1.165, 1.54) is 0 Å². The van der Waals surface area contributed by atoms with E-state index in [-0.39, 0.29) is 6.10 Å². The highest BCUT2D eigenvalue weighted by Crippen LogP contribution is 2.21. The zero-order valence-electron chi connectivity index (χ0n) is 9.38. The standard InChI is InChI=1S/C11H24O2/c1-9(2)5-7-11(4,13)8-6-10(3)12/h9-10,12-13H,5-8H2,1-4H3/t10-,11+/m0/s1. The van der Waals surface area contributed by atoms with Crippen molar-refractivity contribution in [3.63, 3.8) is 0 Å². The third-order valence-electron chi connectivity index (χ3n) is 2.36. The Morgan fingerprint density at radius 2 is 1.54 bits per heavy atom. The second kappa shape index (κ2) is 5.61. The van der Waals surface area contributed by atoms with Gasteiger partial charge >= 0.3 is 0 Å². The molecule has 0 bridgehead atoms. The molecule has 0 saturated heterocycles. The summed E-state index contributed by atoms with van der Waals surface area (Å²) in [5, 5.41) is 19.0. The Bertz CT molecular complexity index is 114. The number of aliphatic hydroxyl groups excluding tert-OH is 1. The Hall–Kier alpha value is -0.0800. The van der Waals surface area contributed by atoms with Crippen LogP contribution in [0.25, 0.3) is 0 Å². The van der Waals surface area contributed by atoms with Gasteiger partial charge in [0.25, 0.3) is 0 Å². The van der Waals surface area contributed by atoms with Crippen LogP contribution in [0.3, 0.4) is 0 Å². The predicted octanol–water partition coefficient (Wildman–Crippen LogP) is 2.33. The summed E-state index contributed by atoms with van der Waals surface area (Å²) < 4.78 is 0. The summed E-state index contributed by atoms with van der Waals surface area (Å²) in [7, 11) is 0. The Kier molecular flexibility index (Phi) is 5.57. The zero-order chi connectivity index (χ0) is 10.5. The van der Waals surface area contributed by atoms with Gasteiger partial charge in [-0.25, -0.2) is 0 Å². The number of hydrogen-bond donors (Lipinski definition) is 2. The van der Waals surface area contributed by atoms with Gasteiger partial charge in [0.1, 0.15) is 0 Å². The van der Waals surface area contributed by atoms with E-state index in [0.717, 1.165) is 12.8 Å². The molecule has 0 amide bonds. The summed E-state index contributed by atoms with van der Waals surface area (Å²) in [6.45, 7) is 7.94. The van der Waals surface area contributed by atoms with Gasteiger partial charge in [0.05, 0.1) is 11.7 Å². The summed E-state index contributed by atoms with van der Waals surface area (Å²) in [5.74, 6) is 0.637. The molecule has 80 valence electrons. The van der Waals surface area contributed by atoms with Crippen LogP contribution in [0.15, 0.2) is 0 Å². The first-order chi connectivity index (χ1) is 5.83. The SMILES string of the molecule is CC(C)CC[C@@](C)(O)CC[C@H](C)O. The maximum absolute atomic E-state index is 9.90. The average Bonchev–Trinajstić information content (AvgIpc) is 1.98. The van der Waals surface area contributed by atoms with Crippen molar-refractivity contribution in [1.82, 2.24) is 0 Å². The van der Waals surface area contributed by atoms with E-state index in [1.807, 2.05) is 6.92 Å². The summed E-state index contributed by atoms with van der Waals surface area (Å²) in [6.07, 6.45) is 2.96. The molecule has 0 spiro atoms. The van der Waals surface area contributed by atoms with Crippen molar-refractivity contribution >= 4 is 0 Å². The molecule has 0 radical (unpaired) electrons. The molecule has 2 nitrogen and oxygen atoms in total. The Morgan fingerprint density at radius 1 is 1.08 bits per heavy atom. The van der Waals surface area contributed by atoms with E-state index in [1.54, 1.807) is 6.92 Å². The molecule has 0 rings (SSSR count). The first-order valence-corrected chi connectivity index (χ1v) is 5.24. The topological polar surface area (TPSA) is 40.5 Å². The van der Waals surface area contributed by atoms with Crippen LogP contribution in [0, 0.1) is 5.92 Å². The maximum Gasteiger partial charge on any atom is 0.0620 e. The number of rotatable bonds is 6. The van der Waals surface area contributed by atoms with E-state index in [9.17, 15) is 5.11 Å². The van der Waals surface area contributed by atoms with Crippen molar-refractivity contribution in [2.24, 2.45) is 5.92 Å². The van der Waals surface area contributed by atoms with Crippen molar-refractivity contribution in [2.45, 2.75) is 65.1 Å². The molecule has 0 aliphatic carbocycles. The van der Waals surface area contributed by atoms with E-state index >= 15 is 0 Å². The van der Waals surface area contributed by atoms with Crippen molar-refractivity contribution in [3.05, 3.63) is 0 Å². The highest BCUT2D eigenvalue weighted by molar-refractivity contribution is 4.73. The van der Waals surface area contributed by atoms with Crippen LogP contribution in [0.2, 0.25) is 0 Å². The fraction of sp³-hybridized carbons (Fsp3) is 1.00. The largest absolute Gasteiger partial charge is 0.393 e. The predicted molar refractivity (Wildman–Crippen MR) is 55.6 cm³/mol. The van der Waals surface area contributed by atoms with E-state index in [0.29, 0.717) is 18.8 Å². The van der Waals surface area contributed by atoms with Crippen LogP contribution in [0.1, 0.15) is 53.4 Å². The van der Waals surface area contributed by atoms with Gasteiger partial charge in [0.15, 0.2) is 0 Å². The molecular weight excluding hydrogens is 164 g/mol. The van der Waals surface area contributed by atoms with Crippen LogP contribution >= 0.6 is 0 Å². The van der Waals surface area contributed by atoms with E-state index in [4.69, 9.17) is 5.11 Å². The molecule has 2 N–H and O–H groups in total. The lowest BCUT2D eigenvalue weighted by Gasteiger charge is -2.24. The summed E-state index contributed by atoms with van der Waals surface area (Å²) >= 11 is 0. The second-order valence-electron chi connectivity index (χ2n) is 4.82. The lowest BCUT2D eigenvalue weighted by molar-refractivity contribution is 0.0224. The van der Waals surface area contributed by atoms with Crippen molar-refractivity contribution in [1.29, 1.82) is 0 Å². The van der Waals surface area contributed by atoms with Crippen LogP contribution in [-0.4, -0.2) is 21.9 Å². The van der Waals surface area contributed by atoms with Crippen LogP contribution in [0.5, 0.6) is 0 Å². The molecule has 13 heavy (non-hydrogen) atoms. The minimum Gasteiger partial charge on any atom is -0.393 e. The van der Waals surface area contributed by atoms with Crippen molar-refractivity contribution in [2.75, 3.05) is 0 Å². The summed E-state index contributed by atoms with van der Waals surface area (Å²) in [5.41, 5.74) is -0.596. The summed E-state index contributed by atoms with van der Waals surface area (Å²) in [4.78, 5) is 0. The van der Waals surface area contributed by atoms with Gasteiger partial charge in [-0.05, 0) is 45.4 Å². The molecule has 0 aromatic rings. The first-order valence-electron chi connectivity index (χ1n) is 5.24. The van der Waals surface area contributed by atoms with E-state index < -0.39 is 5.60 Å². The molecule has 0 saturated carbocycles. The first kappa shape index (κ1) is 12.9. The maximum atomic E-state index is 9.90. The average molecular weight is 188 g/mol. The lowest BCUT2D eigenvalue weighted by Crippen LogP contribution is -2.26. The number of hydrogen-bond acceptors (Lipinski definition) is 2. The molecular formula is C11H24O2. The van der Waals surface area contributed by atoms with E-state index in [2.05, 4.69) is 13.8 Å². The molecule has 2 atom stereocenters. The fourth-order valence-corrected chi connectivity index (χ4v) is 1.24. The third kappa shape index (κ3) is 8.26. The summed E-state index contributed by atoms with van der Waals surface area (Å²) in [6, 6.07) is 0. The second-order valence-corrected chi connectivity index (χ2v) is 4.82. The molecule has 0 aromatic carbocycles. The third-order valence-corrected chi connectivity index (χ3v) is 2.36. The normalized spacial score (nSPS) is 18.7. The Morgan fingerprint density at radius 3 is 1.92 bits per heavy atom. The van der Waals surface area contributed by atoms with Gasteiger partial charge < -0.3 is 10.2 Å². The minimum absolute atomic E-state index is 0.300. The fourth-order valence-electron chi connectivity index (χ4n) is 1.24. The van der Waals surface area contributed by atoms with Crippen LogP contribution in [-0.2, 0) is 0 Å². The smallest absolute Gasteiger partial charge is 0.0620 e. The Balaban J connectivity index is 3.66. The highest BCUT2D eigenvalue weighted by atomic mass is 16.3. The number of aliphatic hydroxyl groups is 2. The molecule has 2 heteroatoms. The molecule has 0 aliphatic heterocycles. The van der Waals surface area contributed by atoms with Gasteiger partial charge in [0, 0.05) is 0 Å². The minimum atomic E-state index is -0.596. The monoisotopic (exact) mass is 188 g/mol. The van der Waals surface area contributed by atoms with Crippen molar-refractivity contribution < 1.29 is 10.2 Å². The van der Waals surface area contributed by atoms with Gasteiger partial charge in [-0.2, -0.15) is 0 Å². The van der Waals surface area contributed by atoms with Crippen LogP contribution in [0.4, 0.5) is 0 Å². The zero-order valence-corrected chi connectivity index (χ0v) is 9.38. The molecule has 0 unspecified atom stereocenters. The van der Waals surface area contributed by atoms with Crippen molar-refractivity contribution in [3.8, 4) is 0 Å².